The Morgan fingerprint density at radius 1 is 1.10 bits per heavy atom. The van der Waals surface area contributed by atoms with Crippen molar-refractivity contribution in [1.29, 1.82) is 5.26 Å². The molecule has 0 aliphatic rings. The highest BCUT2D eigenvalue weighted by molar-refractivity contribution is 5.85. The number of nitrogens with one attached hydrogen (secondary N) is 1. The lowest BCUT2D eigenvalue weighted by Gasteiger charge is -2.11. The molecule has 30 heavy (non-hydrogen) atoms. The second kappa shape index (κ2) is 8.37. The van der Waals surface area contributed by atoms with Gasteiger partial charge in [-0.2, -0.15) is 5.26 Å². The molecule has 2 aromatic heterocycles. The summed E-state index contributed by atoms with van der Waals surface area (Å²) in [6.07, 6.45) is 3.61. The molecule has 148 valence electrons. The number of benzene rings is 2. The summed E-state index contributed by atoms with van der Waals surface area (Å²) in [5, 5.41) is 21.2. The summed E-state index contributed by atoms with van der Waals surface area (Å²) in [7, 11) is 0. The van der Waals surface area contributed by atoms with E-state index in [1.165, 1.54) is 6.07 Å². The molecule has 0 amide bonds. The van der Waals surface area contributed by atoms with Gasteiger partial charge in [-0.25, -0.2) is 9.78 Å². The van der Waals surface area contributed by atoms with Gasteiger partial charge >= 0.3 is 5.97 Å². The third-order valence-corrected chi connectivity index (χ3v) is 4.69. The van der Waals surface area contributed by atoms with Gasteiger partial charge in [0.25, 0.3) is 0 Å². The number of hydrogen-bond acceptors (Lipinski definition) is 5. The minimum Gasteiger partial charge on any atom is -0.475 e. The number of carboxylic acids is 1. The van der Waals surface area contributed by atoms with Crippen LogP contribution in [0.2, 0.25) is 0 Å². The second-order valence-electron chi connectivity index (χ2n) is 6.72. The van der Waals surface area contributed by atoms with Gasteiger partial charge in [0, 0.05) is 24.0 Å². The molecule has 0 unspecified atom stereocenters. The van der Waals surface area contributed by atoms with Crippen molar-refractivity contribution in [3.05, 3.63) is 95.8 Å². The molecule has 0 fully saturated rings. The van der Waals surface area contributed by atoms with Crippen LogP contribution in [0.5, 0.6) is 0 Å². The highest BCUT2D eigenvalue weighted by Gasteiger charge is 2.10. The van der Waals surface area contributed by atoms with E-state index in [4.69, 9.17) is 14.8 Å². The molecule has 0 bridgehead atoms. The Labute approximate surface area is 172 Å². The van der Waals surface area contributed by atoms with Crippen LogP contribution in [0, 0.1) is 11.3 Å². The quantitative estimate of drug-likeness (QED) is 0.479. The predicted octanol–water partition coefficient (Wildman–Crippen LogP) is 4.37. The molecule has 0 aliphatic carbocycles. The molecule has 0 radical (unpaired) electrons. The van der Waals surface area contributed by atoms with E-state index in [0.717, 1.165) is 22.5 Å². The second-order valence-corrected chi connectivity index (χ2v) is 6.72. The zero-order valence-electron chi connectivity index (χ0n) is 15.9. The monoisotopic (exact) mass is 398 g/mol. The average molecular weight is 398 g/mol. The molecule has 0 saturated carbocycles. The zero-order chi connectivity index (χ0) is 20.9. The van der Waals surface area contributed by atoms with Gasteiger partial charge in [-0.05, 0) is 54.1 Å². The Morgan fingerprint density at radius 2 is 1.87 bits per heavy atom. The largest absolute Gasteiger partial charge is 0.475 e. The number of imidazole rings is 1. The standard InChI is InChI=1S/C23H18N4O3/c24-11-16-1-3-17(4-2-16)14-27-15-25-12-20(27)13-26-19-7-5-18(6-8-19)21-9-10-22(30-21)23(28)29/h1-10,12,15,26H,13-14H2,(H,28,29). The number of nitriles is 1. The Hall–Kier alpha value is -4.31. The van der Waals surface area contributed by atoms with Gasteiger partial charge in [-0.15, -0.1) is 0 Å². The topological polar surface area (TPSA) is 104 Å². The summed E-state index contributed by atoms with van der Waals surface area (Å²) < 4.78 is 7.38. The first-order valence-electron chi connectivity index (χ1n) is 9.28. The fourth-order valence-corrected chi connectivity index (χ4v) is 3.07. The highest BCUT2D eigenvalue weighted by Crippen LogP contribution is 2.24. The Bertz CT molecular complexity index is 1200. The minimum absolute atomic E-state index is 0.0808. The van der Waals surface area contributed by atoms with Crippen molar-refractivity contribution in [2.75, 3.05) is 5.32 Å². The van der Waals surface area contributed by atoms with Crippen molar-refractivity contribution in [2.45, 2.75) is 13.1 Å². The maximum atomic E-state index is 10.9. The van der Waals surface area contributed by atoms with Gasteiger partial charge in [-0.3, -0.25) is 0 Å². The molecule has 0 aliphatic heterocycles. The van der Waals surface area contributed by atoms with Crippen molar-refractivity contribution in [2.24, 2.45) is 0 Å². The number of carbonyl (C=O) groups is 1. The Balaban J connectivity index is 1.39. The third kappa shape index (κ3) is 4.23. The molecule has 7 heteroatoms. The smallest absolute Gasteiger partial charge is 0.371 e. The maximum Gasteiger partial charge on any atom is 0.371 e. The van der Waals surface area contributed by atoms with Crippen molar-refractivity contribution in [3.63, 3.8) is 0 Å². The van der Waals surface area contributed by atoms with Crippen molar-refractivity contribution < 1.29 is 14.3 Å². The number of aromatic carboxylic acids is 1. The van der Waals surface area contributed by atoms with Crippen LogP contribution in [-0.2, 0) is 13.1 Å². The van der Waals surface area contributed by atoms with E-state index in [-0.39, 0.29) is 5.76 Å². The first kappa shape index (κ1) is 19.0. The summed E-state index contributed by atoms with van der Waals surface area (Å²) in [6, 6.07) is 20.3. The molecule has 0 spiro atoms. The van der Waals surface area contributed by atoms with Crippen LogP contribution in [0.25, 0.3) is 11.3 Å². The highest BCUT2D eigenvalue weighted by atomic mass is 16.4. The lowest BCUT2D eigenvalue weighted by atomic mass is 10.1. The number of aromatic nitrogens is 2. The molecule has 2 heterocycles. The summed E-state index contributed by atoms with van der Waals surface area (Å²) in [5.74, 6) is -0.653. The molecule has 0 atom stereocenters. The summed E-state index contributed by atoms with van der Waals surface area (Å²) >= 11 is 0. The molecule has 7 nitrogen and oxygen atoms in total. The van der Waals surface area contributed by atoms with Crippen LogP contribution in [-0.4, -0.2) is 20.6 Å². The van der Waals surface area contributed by atoms with Crippen LogP contribution < -0.4 is 5.32 Å². The Kier molecular flexibility index (Phi) is 5.31. The van der Waals surface area contributed by atoms with Gasteiger partial charge in [0.2, 0.25) is 5.76 Å². The number of furan rings is 1. The lowest BCUT2D eigenvalue weighted by molar-refractivity contribution is 0.0663. The maximum absolute atomic E-state index is 10.9. The molecule has 0 saturated heterocycles. The number of rotatable bonds is 7. The molecular weight excluding hydrogens is 380 g/mol. The fraction of sp³-hybridized carbons (Fsp3) is 0.0870. The minimum atomic E-state index is -1.09. The van der Waals surface area contributed by atoms with E-state index in [2.05, 4.69) is 20.9 Å². The first-order valence-corrected chi connectivity index (χ1v) is 9.28. The number of anilines is 1. The fourth-order valence-electron chi connectivity index (χ4n) is 3.07. The number of hydrogen-bond donors (Lipinski definition) is 2. The van der Waals surface area contributed by atoms with Crippen LogP contribution in [0.4, 0.5) is 5.69 Å². The van der Waals surface area contributed by atoms with Crippen molar-refractivity contribution >= 4 is 11.7 Å². The number of carboxylic acid groups (broad SMARTS) is 1. The van der Waals surface area contributed by atoms with E-state index in [9.17, 15) is 4.79 Å². The summed E-state index contributed by atoms with van der Waals surface area (Å²) in [4.78, 5) is 15.2. The number of nitrogens with zero attached hydrogens (tertiary/aromatic N) is 3. The molecule has 4 aromatic rings. The van der Waals surface area contributed by atoms with Gasteiger partial charge in [0.15, 0.2) is 0 Å². The summed E-state index contributed by atoms with van der Waals surface area (Å²) in [5.41, 5.74) is 4.49. The molecule has 2 aromatic carbocycles. The van der Waals surface area contributed by atoms with E-state index < -0.39 is 5.97 Å². The normalized spacial score (nSPS) is 10.5. The van der Waals surface area contributed by atoms with Crippen LogP contribution in [0.3, 0.4) is 0 Å². The zero-order valence-corrected chi connectivity index (χ0v) is 15.9. The van der Waals surface area contributed by atoms with Crippen LogP contribution >= 0.6 is 0 Å². The molecular formula is C23H18N4O3. The van der Waals surface area contributed by atoms with Crippen molar-refractivity contribution in [3.8, 4) is 17.4 Å². The van der Waals surface area contributed by atoms with E-state index in [0.29, 0.717) is 24.4 Å². The average Bonchev–Trinajstić information content (AvgIpc) is 3.43. The molecule has 4 rings (SSSR count). The van der Waals surface area contributed by atoms with Crippen molar-refractivity contribution in [1.82, 2.24) is 9.55 Å². The van der Waals surface area contributed by atoms with E-state index in [1.54, 1.807) is 12.4 Å². The van der Waals surface area contributed by atoms with Gasteiger partial charge in [0.1, 0.15) is 5.76 Å². The third-order valence-electron chi connectivity index (χ3n) is 4.69. The summed E-state index contributed by atoms with van der Waals surface area (Å²) in [6.45, 7) is 1.27. The first-order chi connectivity index (χ1) is 14.6. The van der Waals surface area contributed by atoms with Gasteiger partial charge < -0.3 is 19.4 Å². The Morgan fingerprint density at radius 3 is 2.53 bits per heavy atom. The lowest BCUT2D eigenvalue weighted by Crippen LogP contribution is -2.08. The van der Waals surface area contributed by atoms with E-state index >= 15 is 0 Å². The van der Waals surface area contributed by atoms with Crippen LogP contribution in [0.15, 0.2) is 77.6 Å². The predicted molar refractivity (Wildman–Crippen MR) is 111 cm³/mol. The SMILES string of the molecule is N#Cc1ccc(Cn2cncc2CNc2ccc(-c3ccc(C(=O)O)o3)cc2)cc1. The van der Waals surface area contributed by atoms with Gasteiger partial charge in [0.05, 0.1) is 30.2 Å². The van der Waals surface area contributed by atoms with E-state index in [1.807, 2.05) is 54.7 Å². The van der Waals surface area contributed by atoms with Crippen LogP contribution in [0.1, 0.15) is 27.4 Å². The molecule has 2 N–H and O–H groups in total. The van der Waals surface area contributed by atoms with Gasteiger partial charge in [-0.1, -0.05) is 12.1 Å².